The normalized spacial score (nSPS) is 9.64. The van der Waals surface area contributed by atoms with E-state index < -0.39 is 12.4 Å². The first-order valence-corrected chi connectivity index (χ1v) is 3.16. The lowest BCUT2D eigenvalue weighted by molar-refractivity contribution is 0.0898. The average molecular weight is 152 g/mol. The second-order valence-corrected chi connectivity index (χ2v) is 2.12. The van der Waals surface area contributed by atoms with Gasteiger partial charge in [0.15, 0.2) is 0 Å². The number of aryl methyl sites for hydroxylation is 1. The molecule has 0 aliphatic heterocycles. The Bertz CT molecular complexity index is 256. The SMILES string of the molecule is Cc1cnc(C(=O)CO)cn1. The van der Waals surface area contributed by atoms with Crippen molar-refractivity contribution < 1.29 is 9.90 Å². The maximum atomic E-state index is 10.8. The number of hydrogen-bond donors (Lipinski definition) is 1. The monoisotopic (exact) mass is 152 g/mol. The van der Waals surface area contributed by atoms with Gasteiger partial charge in [-0.25, -0.2) is 4.98 Å². The van der Waals surface area contributed by atoms with Crippen molar-refractivity contribution in [1.82, 2.24) is 9.97 Å². The predicted octanol–water partition coefficient (Wildman–Crippen LogP) is -0.0400. The number of ketones is 1. The zero-order valence-corrected chi connectivity index (χ0v) is 6.11. The zero-order valence-electron chi connectivity index (χ0n) is 6.11. The molecule has 4 nitrogen and oxygen atoms in total. The molecule has 0 fully saturated rings. The summed E-state index contributed by atoms with van der Waals surface area (Å²) in [5.74, 6) is -0.405. The molecule has 1 aromatic rings. The maximum absolute atomic E-state index is 10.8. The van der Waals surface area contributed by atoms with Gasteiger partial charge in [0.2, 0.25) is 5.78 Å². The minimum absolute atomic E-state index is 0.207. The number of carbonyl (C=O) groups is 1. The zero-order chi connectivity index (χ0) is 8.27. The van der Waals surface area contributed by atoms with E-state index in [2.05, 4.69) is 9.97 Å². The first-order valence-electron chi connectivity index (χ1n) is 3.16. The lowest BCUT2D eigenvalue weighted by Crippen LogP contribution is -2.07. The minimum Gasteiger partial charge on any atom is -0.388 e. The van der Waals surface area contributed by atoms with Gasteiger partial charge in [-0.3, -0.25) is 9.78 Å². The number of aliphatic hydroxyl groups excluding tert-OH is 1. The molecular weight excluding hydrogens is 144 g/mol. The molecule has 0 saturated carbocycles. The largest absolute Gasteiger partial charge is 0.388 e. The molecule has 1 heterocycles. The van der Waals surface area contributed by atoms with Crippen molar-refractivity contribution in [3.8, 4) is 0 Å². The van der Waals surface area contributed by atoms with Crippen LogP contribution in [0.2, 0.25) is 0 Å². The van der Waals surface area contributed by atoms with Crippen LogP contribution in [0, 0.1) is 6.92 Å². The fourth-order valence-electron chi connectivity index (χ4n) is 0.618. The van der Waals surface area contributed by atoms with Crippen LogP contribution in [0.3, 0.4) is 0 Å². The van der Waals surface area contributed by atoms with E-state index in [-0.39, 0.29) is 5.69 Å². The molecule has 1 rings (SSSR count). The van der Waals surface area contributed by atoms with Crippen LogP contribution in [0.25, 0.3) is 0 Å². The fraction of sp³-hybridized carbons (Fsp3) is 0.286. The van der Waals surface area contributed by atoms with Crippen LogP contribution in [0.4, 0.5) is 0 Å². The van der Waals surface area contributed by atoms with Gasteiger partial charge in [-0.1, -0.05) is 0 Å². The molecule has 0 aliphatic carbocycles. The van der Waals surface area contributed by atoms with Crippen LogP contribution < -0.4 is 0 Å². The summed E-state index contributed by atoms with van der Waals surface area (Å²) in [5.41, 5.74) is 0.956. The summed E-state index contributed by atoms with van der Waals surface area (Å²) < 4.78 is 0. The van der Waals surface area contributed by atoms with E-state index in [1.165, 1.54) is 12.4 Å². The molecule has 0 atom stereocenters. The molecule has 0 bridgehead atoms. The topological polar surface area (TPSA) is 63.1 Å². The summed E-state index contributed by atoms with van der Waals surface area (Å²) in [4.78, 5) is 18.4. The first kappa shape index (κ1) is 7.81. The second kappa shape index (κ2) is 3.21. The summed E-state index contributed by atoms with van der Waals surface area (Å²) in [5, 5.41) is 8.44. The fourth-order valence-corrected chi connectivity index (χ4v) is 0.618. The van der Waals surface area contributed by atoms with E-state index in [4.69, 9.17) is 5.11 Å². The molecule has 0 radical (unpaired) electrons. The van der Waals surface area contributed by atoms with Crippen molar-refractivity contribution in [2.24, 2.45) is 0 Å². The van der Waals surface area contributed by atoms with Gasteiger partial charge in [0.05, 0.1) is 11.9 Å². The molecule has 4 heteroatoms. The number of Topliss-reactive ketones (excluding diaryl/α,β-unsaturated/α-hetero) is 1. The van der Waals surface area contributed by atoms with Gasteiger partial charge in [0.25, 0.3) is 0 Å². The highest BCUT2D eigenvalue weighted by atomic mass is 16.3. The average Bonchev–Trinajstić information content (AvgIpc) is 2.05. The van der Waals surface area contributed by atoms with Crippen LogP contribution in [0.5, 0.6) is 0 Å². The van der Waals surface area contributed by atoms with Crippen molar-refractivity contribution in [2.75, 3.05) is 6.61 Å². The number of aliphatic hydroxyl groups is 1. The van der Waals surface area contributed by atoms with Gasteiger partial charge in [-0.2, -0.15) is 0 Å². The van der Waals surface area contributed by atoms with Crippen LogP contribution >= 0.6 is 0 Å². The van der Waals surface area contributed by atoms with Gasteiger partial charge >= 0.3 is 0 Å². The number of nitrogens with zero attached hydrogens (tertiary/aromatic N) is 2. The van der Waals surface area contributed by atoms with Gasteiger partial charge in [-0.15, -0.1) is 0 Å². The smallest absolute Gasteiger partial charge is 0.208 e. The molecule has 0 unspecified atom stereocenters. The third-order valence-electron chi connectivity index (χ3n) is 1.21. The van der Waals surface area contributed by atoms with Crippen molar-refractivity contribution in [3.63, 3.8) is 0 Å². The van der Waals surface area contributed by atoms with Gasteiger partial charge in [-0.05, 0) is 6.92 Å². The molecule has 0 aromatic carbocycles. The number of hydrogen-bond acceptors (Lipinski definition) is 4. The molecule has 0 spiro atoms. The van der Waals surface area contributed by atoms with E-state index in [0.29, 0.717) is 0 Å². The van der Waals surface area contributed by atoms with Crippen LogP contribution in [0.15, 0.2) is 12.4 Å². The Morgan fingerprint density at radius 3 is 2.73 bits per heavy atom. The Morgan fingerprint density at radius 2 is 2.27 bits per heavy atom. The second-order valence-electron chi connectivity index (χ2n) is 2.12. The highest BCUT2D eigenvalue weighted by Crippen LogP contribution is 1.94. The summed E-state index contributed by atoms with van der Waals surface area (Å²) >= 11 is 0. The highest BCUT2D eigenvalue weighted by Gasteiger charge is 2.04. The third-order valence-corrected chi connectivity index (χ3v) is 1.21. The Balaban J connectivity index is 2.90. The first-order chi connectivity index (χ1) is 5.24. The Morgan fingerprint density at radius 1 is 1.55 bits per heavy atom. The summed E-state index contributed by atoms with van der Waals surface area (Å²) in [6.07, 6.45) is 2.84. The quantitative estimate of drug-likeness (QED) is 0.604. The van der Waals surface area contributed by atoms with Crippen LogP contribution in [0.1, 0.15) is 16.2 Å². The number of rotatable bonds is 2. The van der Waals surface area contributed by atoms with Gasteiger partial charge < -0.3 is 5.11 Å². The van der Waals surface area contributed by atoms with Crippen LogP contribution in [-0.4, -0.2) is 27.5 Å². The third kappa shape index (κ3) is 1.81. The minimum atomic E-state index is -0.516. The highest BCUT2D eigenvalue weighted by molar-refractivity contribution is 5.94. The molecule has 0 saturated heterocycles. The molecular formula is C7H8N2O2. The Kier molecular flexibility index (Phi) is 2.28. The molecule has 0 amide bonds. The molecule has 11 heavy (non-hydrogen) atoms. The summed E-state index contributed by atoms with van der Waals surface area (Å²) in [7, 11) is 0. The van der Waals surface area contributed by atoms with E-state index in [1.54, 1.807) is 6.92 Å². The molecule has 58 valence electrons. The number of carbonyl (C=O) groups excluding carboxylic acids is 1. The van der Waals surface area contributed by atoms with Gasteiger partial charge in [0.1, 0.15) is 12.3 Å². The number of aromatic nitrogens is 2. The Labute approximate surface area is 63.9 Å². The Hall–Kier alpha value is -1.29. The van der Waals surface area contributed by atoms with E-state index in [9.17, 15) is 4.79 Å². The molecule has 1 aromatic heterocycles. The summed E-state index contributed by atoms with van der Waals surface area (Å²) in [6.45, 7) is 1.26. The van der Waals surface area contributed by atoms with Crippen molar-refractivity contribution >= 4 is 5.78 Å². The molecule has 0 aliphatic rings. The van der Waals surface area contributed by atoms with Crippen molar-refractivity contribution in [3.05, 3.63) is 23.8 Å². The van der Waals surface area contributed by atoms with Crippen molar-refractivity contribution in [1.29, 1.82) is 0 Å². The van der Waals surface area contributed by atoms with E-state index >= 15 is 0 Å². The predicted molar refractivity (Wildman–Crippen MR) is 38.2 cm³/mol. The van der Waals surface area contributed by atoms with E-state index in [1.807, 2.05) is 0 Å². The van der Waals surface area contributed by atoms with Gasteiger partial charge in [0, 0.05) is 6.20 Å². The van der Waals surface area contributed by atoms with Crippen molar-refractivity contribution in [2.45, 2.75) is 6.92 Å². The lowest BCUT2D eigenvalue weighted by atomic mass is 10.3. The van der Waals surface area contributed by atoms with E-state index in [0.717, 1.165) is 5.69 Å². The lowest BCUT2D eigenvalue weighted by Gasteiger charge is -1.94. The molecule has 1 N–H and O–H groups in total. The standard InChI is InChI=1S/C7H8N2O2/c1-5-2-9-6(3-8-5)7(11)4-10/h2-3,10H,4H2,1H3. The summed E-state index contributed by atoms with van der Waals surface area (Å²) in [6, 6.07) is 0. The van der Waals surface area contributed by atoms with Crippen LogP contribution in [-0.2, 0) is 0 Å². The maximum Gasteiger partial charge on any atom is 0.208 e.